The molecule has 2 heterocycles. The Balaban J connectivity index is 1.67. The highest BCUT2D eigenvalue weighted by molar-refractivity contribution is 7.99. The van der Waals surface area contributed by atoms with Crippen molar-refractivity contribution >= 4 is 29.3 Å². The Bertz CT molecular complexity index is 998. The highest BCUT2D eigenvalue weighted by Gasteiger charge is 2.59. The van der Waals surface area contributed by atoms with E-state index in [0.717, 1.165) is 11.1 Å². The first-order chi connectivity index (χ1) is 15.2. The molecule has 1 saturated heterocycles. The number of aliphatic imine (C=N–C) groups is 1. The van der Waals surface area contributed by atoms with Gasteiger partial charge in [0.1, 0.15) is 18.3 Å². The third kappa shape index (κ3) is 4.42. The molecular formula is C24H28ClNO5S. The molecule has 0 amide bonds. The Morgan fingerprint density at radius 3 is 2.50 bits per heavy atom. The van der Waals surface area contributed by atoms with Gasteiger partial charge in [-0.1, -0.05) is 43.6 Å². The molecular weight excluding hydrogens is 450 g/mol. The summed E-state index contributed by atoms with van der Waals surface area (Å²) in [4.78, 5) is 5.78. The predicted octanol–water partition coefficient (Wildman–Crippen LogP) is 3.51. The number of ether oxygens (including phenoxy) is 2. The minimum atomic E-state index is -1.37. The van der Waals surface area contributed by atoms with Crippen LogP contribution in [0.1, 0.15) is 37.5 Å². The number of rotatable bonds is 6. The van der Waals surface area contributed by atoms with Crippen LogP contribution in [0.5, 0.6) is 0 Å². The van der Waals surface area contributed by atoms with Gasteiger partial charge in [0.2, 0.25) is 5.72 Å². The predicted molar refractivity (Wildman–Crippen MR) is 125 cm³/mol. The van der Waals surface area contributed by atoms with E-state index in [9.17, 15) is 15.3 Å². The zero-order valence-electron chi connectivity index (χ0n) is 18.2. The summed E-state index contributed by atoms with van der Waals surface area (Å²) in [5.74, 6) is 0.342. The summed E-state index contributed by atoms with van der Waals surface area (Å²) in [6.07, 6.45) is -3.87. The Morgan fingerprint density at radius 1 is 1.12 bits per heavy atom. The first kappa shape index (κ1) is 23.5. The maximum atomic E-state index is 10.7. The molecule has 2 aliphatic heterocycles. The van der Waals surface area contributed by atoms with Crippen molar-refractivity contribution in [3.63, 3.8) is 0 Å². The molecule has 0 bridgehead atoms. The van der Waals surface area contributed by atoms with Gasteiger partial charge in [0.25, 0.3) is 0 Å². The molecule has 4 rings (SSSR count). The number of halogens is 1. The number of fused-ring (bicyclic) bond motifs is 1. The van der Waals surface area contributed by atoms with E-state index in [0.29, 0.717) is 28.2 Å². The van der Waals surface area contributed by atoms with Crippen molar-refractivity contribution in [3.8, 4) is 0 Å². The highest BCUT2D eigenvalue weighted by Crippen LogP contribution is 2.45. The van der Waals surface area contributed by atoms with Crippen molar-refractivity contribution in [2.45, 2.75) is 67.5 Å². The first-order valence-corrected chi connectivity index (χ1v) is 11.9. The van der Waals surface area contributed by atoms with E-state index >= 15 is 0 Å². The van der Waals surface area contributed by atoms with E-state index in [4.69, 9.17) is 21.1 Å². The summed E-state index contributed by atoms with van der Waals surface area (Å²) in [6, 6.07) is 13.9. The van der Waals surface area contributed by atoms with Gasteiger partial charge in [-0.15, -0.1) is 11.8 Å². The van der Waals surface area contributed by atoms with Crippen LogP contribution in [0.4, 0.5) is 0 Å². The molecule has 6 nitrogen and oxygen atoms in total. The molecule has 0 aromatic heterocycles. The van der Waals surface area contributed by atoms with Crippen molar-refractivity contribution in [2.75, 3.05) is 6.61 Å². The highest BCUT2D eigenvalue weighted by atomic mass is 35.5. The standard InChI is InChI=1S/C24H28ClNO5S/c1-13(2)32-18-7-4-15(5-8-18)10-16-11-17(6-9-19(16)25)24-23(30-14(3)26-24)22(29)21(28)20(12-27)31-24/h4-9,11,13,20-23,27-29H,10,12H2,1-3H3/t20-,21-,22+,23?,24?/m1/s1. The van der Waals surface area contributed by atoms with Crippen LogP contribution in [-0.4, -0.2) is 57.5 Å². The third-order valence-corrected chi connectivity index (χ3v) is 7.09. The largest absolute Gasteiger partial charge is 0.469 e. The van der Waals surface area contributed by atoms with Crippen molar-refractivity contribution < 1.29 is 24.8 Å². The first-order valence-electron chi connectivity index (χ1n) is 10.7. The molecule has 2 aromatic carbocycles. The van der Waals surface area contributed by atoms with Gasteiger partial charge >= 0.3 is 0 Å². The molecule has 2 unspecified atom stereocenters. The smallest absolute Gasteiger partial charge is 0.228 e. The number of hydrogen-bond donors (Lipinski definition) is 3. The van der Waals surface area contributed by atoms with Crippen molar-refractivity contribution in [1.82, 2.24) is 0 Å². The maximum absolute atomic E-state index is 10.7. The number of thioether (sulfide) groups is 1. The Kier molecular flexibility index (Phi) is 6.86. The fraction of sp³-hybridized carbons (Fsp3) is 0.458. The van der Waals surface area contributed by atoms with Crippen LogP contribution in [0.25, 0.3) is 0 Å². The molecule has 0 saturated carbocycles. The maximum Gasteiger partial charge on any atom is 0.228 e. The molecule has 3 N–H and O–H groups in total. The van der Waals surface area contributed by atoms with E-state index in [1.165, 1.54) is 4.90 Å². The lowest BCUT2D eigenvalue weighted by molar-refractivity contribution is -0.262. The van der Waals surface area contributed by atoms with Crippen LogP contribution in [0.3, 0.4) is 0 Å². The topological polar surface area (TPSA) is 91.5 Å². The number of hydrogen-bond acceptors (Lipinski definition) is 7. The van der Waals surface area contributed by atoms with E-state index in [1.807, 2.05) is 17.8 Å². The lowest BCUT2D eigenvalue weighted by atomic mass is 9.85. The molecule has 0 aliphatic carbocycles. The third-order valence-electron chi connectivity index (χ3n) is 5.71. The summed E-state index contributed by atoms with van der Waals surface area (Å²) >= 11 is 8.34. The summed E-state index contributed by atoms with van der Waals surface area (Å²) in [5.41, 5.74) is 1.27. The monoisotopic (exact) mass is 477 g/mol. The summed E-state index contributed by atoms with van der Waals surface area (Å²) in [6.45, 7) is 5.54. The quantitative estimate of drug-likeness (QED) is 0.551. The SMILES string of the molecule is CC1=NC2(c3ccc(Cl)c(Cc4ccc(SC(C)C)cc4)c3)O[C@H](CO)[C@@H](O)[C@H](O)C2O1. The average Bonchev–Trinajstić information content (AvgIpc) is 3.10. The normalized spacial score (nSPS) is 29.6. The molecule has 2 aliphatic rings. The summed E-state index contributed by atoms with van der Waals surface area (Å²) in [7, 11) is 0. The second kappa shape index (κ2) is 9.33. The van der Waals surface area contributed by atoms with Gasteiger partial charge in [-0.3, -0.25) is 0 Å². The summed E-state index contributed by atoms with van der Waals surface area (Å²) in [5, 5.41) is 31.8. The molecule has 0 radical (unpaired) electrons. The second-order valence-corrected chi connectivity index (χ2v) is 10.5. The zero-order valence-corrected chi connectivity index (χ0v) is 19.8. The number of benzene rings is 2. The molecule has 172 valence electrons. The van der Waals surface area contributed by atoms with Gasteiger partial charge in [-0.25, -0.2) is 4.99 Å². The van der Waals surface area contributed by atoms with Gasteiger partial charge in [-0.2, -0.15) is 0 Å². The minimum absolute atomic E-state index is 0.342. The van der Waals surface area contributed by atoms with Gasteiger partial charge in [0, 0.05) is 27.7 Å². The Hall–Kier alpha value is -1.61. The van der Waals surface area contributed by atoms with Crippen molar-refractivity contribution in [3.05, 3.63) is 64.2 Å². The zero-order chi connectivity index (χ0) is 23.0. The second-order valence-electron chi connectivity index (χ2n) is 8.48. The minimum Gasteiger partial charge on any atom is -0.469 e. The fourth-order valence-electron chi connectivity index (χ4n) is 4.23. The van der Waals surface area contributed by atoms with Crippen LogP contribution >= 0.6 is 23.4 Å². The van der Waals surface area contributed by atoms with Crippen LogP contribution in [0.2, 0.25) is 5.02 Å². The van der Waals surface area contributed by atoms with Gasteiger partial charge < -0.3 is 24.8 Å². The van der Waals surface area contributed by atoms with E-state index in [2.05, 4.69) is 43.1 Å². The summed E-state index contributed by atoms with van der Waals surface area (Å²) < 4.78 is 11.8. The van der Waals surface area contributed by atoms with Crippen LogP contribution < -0.4 is 0 Å². The van der Waals surface area contributed by atoms with Gasteiger partial charge in [0.15, 0.2) is 12.0 Å². The molecule has 0 spiro atoms. The molecule has 32 heavy (non-hydrogen) atoms. The van der Waals surface area contributed by atoms with Crippen LogP contribution in [0.15, 0.2) is 52.4 Å². The molecule has 5 atom stereocenters. The average molecular weight is 478 g/mol. The van der Waals surface area contributed by atoms with Gasteiger partial charge in [0.05, 0.1) is 6.61 Å². The Morgan fingerprint density at radius 2 is 1.84 bits per heavy atom. The van der Waals surface area contributed by atoms with E-state index in [-0.39, 0.29) is 0 Å². The number of aliphatic hydroxyl groups excluding tert-OH is 3. The van der Waals surface area contributed by atoms with E-state index in [1.54, 1.807) is 19.1 Å². The Labute approximate surface area is 197 Å². The van der Waals surface area contributed by atoms with E-state index < -0.39 is 36.7 Å². The van der Waals surface area contributed by atoms with Crippen LogP contribution in [0, 0.1) is 0 Å². The van der Waals surface area contributed by atoms with Gasteiger partial charge in [-0.05, 0) is 41.8 Å². The number of nitrogens with zero attached hydrogens (tertiary/aromatic N) is 1. The van der Waals surface area contributed by atoms with Crippen molar-refractivity contribution in [2.24, 2.45) is 4.99 Å². The molecule has 2 aromatic rings. The van der Waals surface area contributed by atoms with Crippen molar-refractivity contribution in [1.29, 1.82) is 0 Å². The number of aliphatic hydroxyl groups is 3. The molecule has 1 fully saturated rings. The van der Waals surface area contributed by atoms with Crippen LogP contribution in [-0.2, 0) is 21.6 Å². The molecule has 8 heteroatoms. The fourth-order valence-corrected chi connectivity index (χ4v) is 5.26. The lowest BCUT2D eigenvalue weighted by Crippen LogP contribution is -2.61. The lowest BCUT2D eigenvalue weighted by Gasteiger charge is -2.44.